The minimum Gasteiger partial charge on any atom is -0.301 e. The number of anilines is 1. The van der Waals surface area contributed by atoms with E-state index in [0.29, 0.717) is 12.1 Å². The average Bonchev–Trinajstić information content (AvgIpc) is 3.10. The number of benzene rings is 1. The van der Waals surface area contributed by atoms with Gasteiger partial charge in [0.2, 0.25) is 0 Å². The number of carbonyl (C=O) groups is 2. The number of ketones is 1. The second-order valence-electron chi connectivity index (χ2n) is 5.50. The fourth-order valence-electron chi connectivity index (χ4n) is 2.52. The van der Waals surface area contributed by atoms with Gasteiger partial charge in [-0.2, -0.15) is 0 Å². The summed E-state index contributed by atoms with van der Waals surface area (Å²) in [4.78, 5) is 25.3. The van der Waals surface area contributed by atoms with Crippen molar-refractivity contribution in [1.29, 1.82) is 0 Å². The van der Waals surface area contributed by atoms with E-state index in [1.807, 2.05) is 0 Å². The lowest BCUT2D eigenvalue weighted by Gasteiger charge is -2.22. The lowest BCUT2D eigenvalue weighted by atomic mass is 10.1. The molecular weight excluding hydrogens is 313 g/mol. The molecule has 0 aromatic heterocycles. The van der Waals surface area contributed by atoms with Crippen LogP contribution in [0.4, 0.5) is 10.1 Å². The second-order valence-corrected chi connectivity index (χ2v) is 6.06. The first-order chi connectivity index (χ1) is 8.97. The molecule has 0 saturated heterocycles. The predicted molar refractivity (Wildman–Crippen MR) is 73.3 cm³/mol. The van der Waals surface area contributed by atoms with Gasteiger partial charge in [0.15, 0.2) is 0 Å². The third-order valence-corrected chi connectivity index (χ3v) is 5.09. The molecule has 3 rings (SSSR count). The van der Waals surface area contributed by atoms with E-state index in [4.69, 9.17) is 0 Å². The van der Waals surface area contributed by atoms with Crippen LogP contribution in [-0.2, 0) is 4.79 Å². The predicted octanol–water partition coefficient (Wildman–Crippen LogP) is 2.84. The van der Waals surface area contributed by atoms with Crippen LogP contribution >= 0.6 is 15.9 Å². The number of alkyl halides is 1. The van der Waals surface area contributed by atoms with Gasteiger partial charge in [0, 0.05) is 11.9 Å². The first kappa shape index (κ1) is 12.8. The van der Waals surface area contributed by atoms with Crippen molar-refractivity contribution in [1.82, 2.24) is 0 Å². The highest BCUT2D eigenvalue weighted by Crippen LogP contribution is 2.49. The molecule has 0 unspecified atom stereocenters. The average molecular weight is 326 g/mol. The van der Waals surface area contributed by atoms with Crippen molar-refractivity contribution in [2.24, 2.45) is 5.41 Å². The summed E-state index contributed by atoms with van der Waals surface area (Å²) in [5.74, 6) is -1.69. The molecule has 1 saturated carbocycles. The van der Waals surface area contributed by atoms with Crippen molar-refractivity contribution in [2.75, 3.05) is 16.8 Å². The van der Waals surface area contributed by atoms with Crippen LogP contribution < -0.4 is 4.90 Å². The van der Waals surface area contributed by atoms with Gasteiger partial charge < -0.3 is 4.90 Å². The van der Waals surface area contributed by atoms with Crippen LogP contribution in [0, 0.1) is 18.2 Å². The summed E-state index contributed by atoms with van der Waals surface area (Å²) in [6.07, 6.45) is 2.00. The minimum absolute atomic E-state index is 0.00881. The number of aryl methyl sites for hydroxylation is 1. The number of halogens is 2. The van der Waals surface area contributed by atoms with E-state index >= 15 is 0 Å². The van der Waals surface area contributed by atoms with Crippen LogP contribution in [-0.4, -0.2) is 23.6 Å². The molecule has 0 radical (unpaired) electrons. The maximum Gasteiger partial charge on any atom is 0.299 e. The fourth-order valence-corrected chi connectivity index (χ4v) is 3.26. The standard InChI is InChI=1S/C14H13BrFNO2/c1-8-4-9-11(10(16)5-8)17(13(19)12(9)18)7-14(6-15)2-3-14/h4-5H,2-3,6-7H2,1H3. The highest BCUT2D eigenvalue weighted by atomic mass is 79.9. The molecule has 0 atom stereocenters. The van der Waals surface area contributed by atoms with Crippen molar-refractivity contribution in [3.8, 4) is 0 Å². The zero-order chi connectivity index (χ0) is 13.8. The molecular formula is C14H13BrFNO2. The van der Waals surface area contributed by atoms with E-state index in [1.165, 1.54) is 11.0 Å². The maximum absolute atomic E-state index is 14.1. The highest BCUT2D eigenvalue weighted by molar-refractivity contribution is 9.09. The molecule has 5 heteroatoms. The summed E-state index contributed by atoms with van der Waals surface area (Å²) in [7, 11) is 0. The Kier molecular flexibility index (Phi) is 2.78. The van der Waals surface area contributed by atoms with Crippen LogP contribution in [0.25, 0.3) is 0 Å². The van der Waals surface area contributed by atoms with Gasteiger partial charge in [0.1, 0.15) is 5.82 Å². The van der Waals surface area contributed by atoms with Gasteiger partial charge in [-0.15, -0.1) is 0 Å². The molecule has 0 N–H and O–H groups in total. The molecule has 0 spiro atoms. The molecule has 1 aliphatic carbocycles. The first-order valence-electron chi connectivity index (χ1n) is 6.20. The molecule has 100 valence electrons. The van der Waals surface area contributed by atoms with Crippen molar-refractivity contribution < 1.29 is 14.0 Å². The topological polar surface area (TPSA) is 37.4 Å². The highest BCUT2D eigenvalue weighted by Gasteiger charge is 2.48. The Bertz CT molecular complexity index is 595. The molecule has 2 aliphatic rings. The van der Waals surface area contributed by atoms with E-state index in [9.17, 15) is 14.0 Å². The molecule has 1 aromatic rings. The zero-order valence-electron chi connectivity index (χ0n) is 10.5. The molecule has 0 bridgehead atoms. The number of hydrogen-bond donors (Lipinski definition) is 0. The van der Waals surface area contributed by atoms with Crippen LogP contribution in [0.15, 0.2) is 12.1 Å². The van der Waals surface area contributed by atoms with Gasteiger partial charge in [-0.1, -0.05) is 15.9 Å². The SMILES string of the molecule is Cc1cc(F)c2c(c1)C(=O)C(=O)N2CC1(CBr)CC1. The van der Waals surface area contributed by atoms with Crippen molar-refractivity contribution in [3.05, 3.63) is 29.1 Å². The summed E-state index contributed by atoms with van der Waals surface area (Å²) in [6, 6.07) is 2.96. The first-order valence-corrected chi connectivity index (χ1v) is 7.32. The molecule has 19 heavy (non-hydrogen) atoms. The summed E-state index contributed by atoms with van der Waals surface area (Å²) < 4.78 is 14.1. The third-order valence-electron chi connectivity index (χ3n) is 3.90. The van der Waals surface area contributed by atoms with E-state index in [0.717, 1.165) is 18.2 Å². The second kappa shape index (κ2) is 4.13. The Balaban J connectivity index is 2.04. The van der Waals surface area contributed by atoms with Gasteiger partial charge in [-0.3, -0.25) is 9.59 Å². The Labute approximate surface area is 118 Å². The van der Waals surface area contributed by atoms with Gasteiger partial charge in [0.05, 0.1) is 11.3 Å². The van der Waals surface area contributed by atoms with Crippen LogP contribution in [0.1, 0.15) is 28.8 Å². The molecule has 1 fully saturated rings. The minimum atomic E-state index is -0.605. The zero-order valence-corrected chi connectivity index (χ0v) is 12.1. The number of carbonyl (C=O) groups excluding carboxylic acids is 2. The van der Waals surface area contributed by atoms with Gasteiger partial charge >= 0.3 is 0 Å². The number of fused-ring (bicyclic) bond motifs is 1. The normalized spacial score (nSPS) is 19.8. The van der Waals surface area contributed by atoms with Gasteiger partial charge in [-0.05, 0) is 42.9 Å². The van der Waals surface area contributed by atoms with Gasteiger partial charge in [-0.25, -0.2) is 4.39 Å². The van der Waals surface area contributed by atoms with E-state index < -0.39 is 17.5 Å². The monoisotopic (exact) mass is 325 g/mol. The smallest absolute Gasteiger partial charge is 0.299 e. The number of nitrogens with zero attached hydrogens (tertiary/aromatic N) is 1. The van der Waals surface area contributed by atoms with E-state index in [1.54, 1.807) is 13.0 Å². The van der Waals surface area contributed by atoms with Crippen LogP contribution in [0.3, 0.4) is 0 Å². The summed E-state index contributed by atoms with van der Waals surface area (Å²) in [5.41, 5.74) is 1.02. The van der Waals surface area contributed by atoms with Gasteiger partial charge in [0.25, 0.3) is 11.7 Å². The Morgan fingerprint density at radius 1 is 1.37 bits per heavy atom. The third kappa shape index (κ3) is 1.91. The lowest BCUT2D eigenvalue weighted by Crippen LogP contribution is -2.36. The number of Topliss-reactive ketones (excluding diaryl/α,β-unsaturated/α-hetero) is 1. The molecule has 1 aliphatic heterocycles. The maximum atomic E-state index is 14.1. The van der Waals surface area contributed by atoms with Crippen molar-refractivity contribution in [2.45, 2.75) is 19.8 Å². The van der Waals surface area contributed by atoms with Crippen molar-refractivity contribution >= 4 is 33.3 Å². The van der Waals surface area contributed by atoms with E-state index in [-0.39, 0.29) is 16.7 Å². The van der Waals surface area contributed by atoms with E-state index in [2.05, 4.69) is 15.9 Å². The van der Waals surface area contributed by atoms with Crippen LogP contribution in [0.2, 0.25) is 0 Å². The Morgan fingerprint density at radius 2 is 2.05 bits per heavy atom. The number of hydrogen-bond acceptors (Lipinski definition) is 2. The molecule has 1 amide bonds. The Morgan fingerprint density at radius 3 is 2.63 bits per heavy atom. The fraction of sp³-hybridized carbons (Fsp3) is 0.429. The number of amides is 1. The summed E-state index contributed by atoms with van der Waals surface area (Å²) in [5, 5.41) is 0.765. The summed E-state index contributed by atoms with van der Waals surface area (Å²) >= 11 is 3.43. The molecule has 1 aromatic carbocycles. The Hall–Kier alpha value is -1.23. The van der Waals surface area contributed by atoms with Crippen LogP contribution in [0.5, 0.6) is 0 Å². The molecule has 1 heterocycles. The largest absolute Gasteiger partial charge is 0.301 e. The lowest BCUT2D eigenvalue weighted by molar-refractivity contribution is -0.114. The molecule has 3 nitrogen and oxygen atoms in total. The summed E-state index contributed by atoms with van der Waals surface area (Å²) in [6.45, 7) is 2.13. The number of rotatable bonds is 3. The van der Waals surface area contributed by atoms with Crippen molar-refractivity contribution in [3.63, 3.8) is 0 Å². The quantitative estimate of drug-likeness (QED) is 0.633.